The van der Waals surface area contributed by atoms with E-state index in [-0.39, 0.29) is 16.9 Å². The average Bonchev–Trinajstić information content (AvgIpc) is 2.35. The monoisotopic (exact) mass is 356 g/mol. The van der Waals surface area contributed by atoms with Crippen molar-refractivity contribution in [2.24, 2.45) is 11.1 Å². The van der Waals surface area contributed by atoms with Crippen LogP contribution >= 0.6 is 15.9 Å². The number of carboxylic acids is 1. The van der Waals surface area contributed by atoms with Crippen LogP contribution in [-0.2, 0) is 4.79 Å². The molecule has 0 saturated heterocycles. The van der Waals surface area contributed by atoms with E-state index in [9.17, 15) is 9.59 Å². The Kier molecular flexibility index (Phi) is 6.36. The van der Waals surface area contributed by atoms with Gasteiger partial charge >= 0.3 is 5.97 Å². The Balaban J connectivity index is 2.65. The van der Waals surface area contributed by atoms with Crippen LogP contribution in [0.3, 0.4) is 0 Å². The quantitative estimate of drug-likeness (QED) is 0.699. The van der Waals surface area contributed by atoms with E-state index >= 15 is 0 Å². The maximum absolute atomic E-state index is 12.0. The molecule has 0 heterocycles. The number of aromatic carboxylic acids is 1. The first-order chi connectivity index (χ1) is 9.73. The fraction of sp³-hybridized carbons (Fsp3) is 0.467. The number of carboxylic acid groups (broad SMARTS) is 1. The SMILES string of the molecule is CC(C)(CCN)CCC(=O)Nc1cc(Br)cc(C(=O)O)c1. The maximum atomic E-state index is 12.0. The zero-order valence-electron chi connectivity index (χ0n) is 12.3. The fourth-order valence-corrected chi connectivity index (χ4v) is 2.47. The summed E-state index contributed by atoms with van der Waals surface area (Å²) >= 11 is 3.23. The zero-order valence-corrected chi connectivity index (χ0v) is 13.9. The number of benzene rings is 1. The summed E-state index contributed by atoms with van der Waals surface area (Å²) < 4.78 is 0.612. The number of halogens is 1. The molecule has 0 fully saturated rings. The third-order valence-electron chi connectivity index (χ3n) is 3.28. The summed E-state index contributed by atoms with van der Waals surface area (Å²) in [5, 5.41) is 11.7. The number of nitrogens with two attached hydrogens (primary N) is 1. The third kappa shape index (κ3) is 6.27. The first-order valence-corrected chi connectivity index (χ1v) is 7.56. The summed E-state index contributed by atoms with van der Waals surface area (Å²) in [7, 11) is 0. The van der Waals surface area contributed by atoms with E-state index < -0.39 is 5.97 Å². The molecular formula is C15H21BrN2O3. The molecule has 21 heavy (non-hydrogen) atoms. The van der Waals surface area contributed by atoms with Gasteiger partial charge in [0.15, 0.2) is 0 Å². The van der Waals surface area contributed by atoms with Crippen molar-refractivity contribution in [2.45, 2.75) is 33.1 Å². The van der Waals surface area contributed by atoms with Gasteiger partial charge in [0.25, 0.3) is 0 Å². The van der Waals surface area contributed by atoms with Gasteiger partial charge in [0.1, 0.15) is 0 Å². The van der Waals surface area contributed by atoms with Crippen molar-refractivity contribution in [1.29, 1.82) is 0 Å². The van der Waals surface area contributed by atoms with E-state index in [4.69, 9.17) is 10.8 Å². The summed E-state index contributed by atoms with van der Waals surface area (Å²) in [6, 6.07) is 4.60. The molecule has 1 rings (SSSR count). The van der Waals surface area contributed by atoms with E-state index in [0.29, 0.717) is 23.1 Å². The molecule has 0 unspecified atom stereocenters. The highest BCUT2D eigenvalue weighted by molar-refractivity contribution is 9.10. The molecule has 0 aliphatic rings. The van der Waals surface area contributed by atoms with Gasteiger partial charge in [0.05, 0.1) is 5.56 Å². The highest BCUT2D eigenvalue weighted by atomic mass is 79.9. The number of hydrogen-bond acceptors (Lipinski definition) is 3. The topological polar surface area (TPSA) is 92.4 Å². The Morgan fingerprint density at radius 1 is 1.29 bits per heavy atom. The van der Waals surface area contributed by atoms with Crippen LogP contribution in [0, 0.1) is 5.41 Å². The number of carbonyl (C=O) groups excluding carboxylic acids is 1. The molecule has 4 N–H and O–H groups in total. The molecule has 0 spiro atoms. The molecule has 0 atom stereocenters. The number of rotatable bonds is 7. The lowest BCUT2D eigenvalue weighted by Gasteiger charge is -2.23. The van der Waals surface area contributed by atoms with Crippen LogP contribution in [0.5, 0.6) is 0 Å². The van der Waals surface area contributed by atoms with E-state index in [1.165, 1.54) is 12.1 Å². The minimum absolute atomic E-state index is 0.0234. The molecule has 1 amide bonds. The smallest absolute Gasteiger partial charge is 0.335 e. The normalized spacial score (nSPS) is 11.2. The molecule has 0 saturated carbocycles. The summed E-state index contributed by atoms with van der Waals surface area (Å²) in [6.45, 7) is 4.76. The Hall–Kier alpha value is -1.40. The molecule has 0 radical (unpaired) electrons. The largest absolute Gasteiger partial charge is 0.478 e. The predicted molar refractivity (Wildman–Crippen MR) is 86.4 cm³/mol. The molecule has 0 aliphatic heterocycles. The molecule has 1 aromatic carbocycles. The molecule has 6 heteroatoms. The molecule has 0 bridgehead atoms. The van der Waals surface area contributed by atoms with Crippen molar-refractivity contribution in [3.63, 3.8) is 0 Å². The summed E-state index contributed by atoms with van der Waals surface area (Å²) in [5.74, 6) is -1.16. The van der Waals surface area contributed by atoms with Crippen molar-refractivity contribution in [3.05, 3.63) is 28.2 Å². The first-order valence-electron chi connectivity index (χ1n) is 6.77. The van der Waals surface area contributed by atoms with E-state index in [2.05, 4.69) is 35.1 Å². The van der Waals surface area contributed by atoms with Crippen molar-refractivity contribution in [1.82, 2.24) is 0 Å². The van der Waals surface area contributed by atoms with Crippen LogP contribution in [0.25, 0.3) is 0 Å². The van der Waals surface area contributed by atoms with Crippen LogP contribution in [-0.4, -0.2) is 23.5 Å². The van der Waals surface area contributed by atoms with Crippen molar-refractivity contribution < 1.29 is 14.7 Å². The molecule has 116 valence electrons. The van der Waals surface area contributed by atoms with Crippen LogP contribution < -0.4 is 11.1 Å². The Morgan fingerprint density at radius 2 is 1.95 bits per heavy atom. The lowest BCUT2D eigenvalue weighted by Crippen LogP contribution is -2.20. The van der Waals surface area contributed by atoms with Gasteiger partial charge in [-0.1, -0.05) is 29.8 Å². The van der Waals surface area contributed by atoms with Gasteiger partial charge in [-0.05, 0) is 43.0 Å². The number of carbonyl (C=O) groups is 2. The number of hydrogen-bond donors (Lipinski definition) is 3. The predicted octanol–water partition coefficient (Wildman–Crippen LogP) is 3.24. The van der Waals surface area contributed by atoms with E-state index in [1.807, 2.05) is 0 Å². The summed E-state index contributed by atoms with van der Waals surface area (Å²) in [4.78, 5) is 22.9. The van der Waals surface area contributed by atoms with E-state index in [0.717, 1.165) is 12.8 Å². The highest BCUT2D eigenvalue weighted by Crippen LogP contribution is 2.26. The second-order valence-corrected chi connectivity index (χ2v) is 6.70. The Labute approximate surface area is 133 Å². The number of nitrogens with one attached hydrogen (secondary N) is 1. The minimum atomic E-state index is -1.03. The third-order valence-corrected chi connectivity index (χ3v) is 3.74. The van der Waals surface area contributed by atoms with Gasteiger partial charge in [-0.25, -0.2) is 4.79 Å². The highest BCUT2D eigenvalue weighted by Gasteiger charge is 2.18. The van der Waals surface area contributed by atoms with Gasteiger partial charge in [0, 0.05) is 16.6 Å². The zero-order chi connectivity index (χ0) is 16.0. The average molecular weight is 357 g/mol. The van der Waals surface area contributed by atoms with Gasteiger partial charge in [-0.15, -0.1) is 0 Å². The number of amides is 1. The molecule has 0 aliphatic carbocycles. The van der Waals surface area contributed by atoms with E-state index in [1.54, 1.807) is 6.07 Å². The standard InChI is InChI=1S/C15H21BrN2O3/c1-15(2,5-6-17)4-3-13(19)18-12-8-10(14(20)21)7-11(16)9-12/h7-9H,3-6,17H2,1-2H3,(H,18,19)(H,20,21). The molecular weight excluding hydrogens is 336 g/mol. The second kappa shape index (κ2) is 7.56. The molecule has 5 nitrogen and oxygen atoms in total. The van der Waals surface area contributed by atoms with Crippen LogP contribution in [0.2, 0.25) is 0 Å². The van der Waals surface area contributed by atoms with Gasteiger partial charge in [-0.2, -0.15) is 0 Å². The van der Waals surface area contributed by atoms with Crippen LogP contribution in [0.1, 0.15) is 43.5 Å². The van der Waals surface area contributed by atoms with Crippen molar-refractivity contribution in [3.8, 4) is 0 Å². The lowest BCUT2D eigenvalue weighted by atomic mass is 9.84. The Bertz CT molecular complexity index is 530. The molecule has 0 aromatic heterocycles. The van der Waals surface area contributed by atoms with Crippen molar-refractivity contribution in [2.75, 3.05) is 11.9 Å². The minimum Gasteiger partial charge on any atom is -0.478 e. The number of anilines is 1. The summed E-state index contributed by atoms with van der Waals surface area (Å²) in [6.07, 6.45) is 1.97. The van der Waals surface area contributed by atoms with Crippen LogP contribution in [0.4, 0.5) is 5.69 Å². The van der Waals surface area contributed by atoms with Gasteiger partial charge < -0.3 is 16.2 Å². The van der Waals surface area contributed by atoms with Gasteiger partial charge in [0.2, 0.25) is 5.91 Å². The Morgan fingerprint density at radius 3 is 2.52 bits per heavy atom. The summed E-state index contributed by atoms with van der Waals surface area (Å²) in [5.41, 5.74) is 6.17. The molecule has 1 aromatic rings. The maximum Gasteiger partial charge on any atom is 0.335 e. The first kappa shape index (κ1) is 17.7. The fourth-order valence-electron chi connectivity index (χ4n) is 1.98. The van der Waals surface area contributed by atoms with Crippen LogP contribution in [0.15, 0.2) is 22.7 Å². The van der Waals surface area contributed by atoms with Gasteiger partial charge in [-0.3, -0.25) is 4.79 Å². The second-order valence-electron chi connectivity index (χ2n) is 5.78. The van der Waals surface area contributed by atoms with Crippen molar-refractivity contribution >= 4 is 33.5 Å². The lowest BCUT2D eigenvalue weighted by molar-refractivity contribution is -0.116.